The summed E-state index contributed by atoms with van der Waals surface area (Å²) < 4.78 is 0. The van der Waals surface area contributed by atoms with E-state index < -0.39 is 0 Å². The average Bonchev–Trinajstić information content (AvgIpc) is 2.46. The zero-order valence-corrected chi connectivity index (χ0v) is 14.7. The van der Waals surface area contributed by atoms with Crippen molar-refractivity contribution in [2.45, 2.75) is 64.4 Å². The third-order valence-corrected chi connectivity index (χ3v) is 5.13. The fourth-order valence-electron chi connectivity index (χ4n) is 2.88. The van der Waals surface area contributed by atoms with Crippen LogP contribution in [0.1, 0.15) is 56.4 Å². The smallest absolute Gasteiger partial charge is 0.138 e. The van der Waals surface area contributed by atoms with Gasteiger partial charge in [0.1, 0.15) is 5.82 Å². The van der Waals surface area contributed by atoms with Crippen LogP contribution in [0.15, 0.2) is 0 Å². The molecule has 0 amide bonds. The molecule has 21 heavy (non-hydrogen) atoms. The Labute approximate surface area is 133 Å². The summed E-state index contributed by atoms with van der Waals surface area (Å²) in [5, 5.41) is 4.19. The van der Waals surface area contributed by atoms with E-state index in [4.69, 9.17) is 9.97 Å². The molecule has 1 unspecified atom stereocenters. The second-order valence-electron chi connectivity index (χ2n) is 6.32. The van der Waals surface area contributed by atoms with E-state index in [2.05, 4.69) is 33.0 Å². The SMILES string of the molecule is CCCNCC1CCc2nc(CSC(C)C)nc(C)c2C1. The Balaban J connectivity index is 2.00. The lowest BCUT2D eigenvalue weighted by atomic mass is 9.85. The van der Waals surface area contributed by atoms with Gasteiger partial charge in [-0.25, -0.2) is 9.97 Å². The van der Waals surface area contributed by atoms with Crippen molar-refractivity contribution in [1.82, 2.24) is 15.3 Å². The molecule has 0 spiro atoms. The van der Waals surface area contributed by atoms with Crippen molar-refractivity contribution in [2.24, 2.45) is 5.92 Å². The van der Waals surface area contributed by atoms with Crippen molar-refractivity contribution in [3.63, 3.8) is 0 Å². The molecule has 1 aromatic rings. The molecule has 0 bridgehead atoms. The Morgan fingerprint density at radius 1 is 1.33 bits per heavy atom. The molecule has 4 heteroatoms. The maximum atomic E-state index is 4.82. The standard InChI is InChI=1S/C17H29N3S/c1-5-8-18-10-14-6-7-16-15(9-14)13(4)19-17(20-16)11-21-12(2)3/h12,14,18H,5-11H2,1-4H3. The molecule has 2 rings (SSSR count). The molecule has 0 aliphatic heterocycles. The van der Waals surface area contributed by atoms with Crippen molar-refractivity contribution in [2.75, 3.05) is 13.1 Å². The van der Waals surface area contributed by atoms with Crippen LogP contribution in [-0.4, -0.2) is 28.3 Å². The van der Waals surface area contributed by atoms with Gasteiger partial charge in [-0.2, -0.15) is 11.8 Å². The number of nitrogens with one attached hydrogen (secondary N) is 1. The van der Waals surface area contributed by atoms with Gasteiger partial charge in [0, 0.05) is 11.4 Å². The second kappa shape index (κ2) is 8.14. The summed E-state index contributed by atoms with van der Waals surface area (Å²) >= 11 is 1.92. The van der Waals surface area contributed by atoms with E-state index in [9.17, 15) is 0 Å². The van der Waals surface area contributed by atoms with Gasteiger partial charge < -0.3 is 5.32 Å². The Morgan fingerprint density at radius 3 is 2.86 bits per heavy atom. The molecule has 0 aromatic carbocycles. The van der Waals surface area contributed by atoms with E-state index >= 15 is 0 Å². The first-order chi connectivity index (χ1) is 10.1. The average molecular weight is 308 g/mol. The molecule has 0 radical (unpaired) electrons. The topological polar surface area (TPSA) is 37.8 Å². The van der Waals surface area contributed by atoms with Crippen molar-refractivity contribution < 1.29 is 0 Å². The lowest BCUT2D eigenvalue weighted by Gasteiger charge is -2.25. The number of hydrogen-bond donors (Lipinski definition) is 1. The van der Waals surface area contributed by atoms with E-state index in [-0.39, 0.29) is 0 Å². The van der Waals surface area contributed by atoms with Crippen LogP contribution in [0.4, 0.5) is 0 Å². The maximum Gasteiger partial charge on any atom is 0.138 e. The predicted molar refractivity (Wildman–Crippen MR) is 91.9 cm³/mol. The van der Waals surface area contributed by atoms with Crippen molar-refractivity contribution in [1.29, 1.82) is 0 Å². The van der Waals surface area contributed by atoms with Crippen LogP contribution in [-0.2, 0) is 18.6 Å². The summed E-state index contributed by atoms with van der Waals surface area (Å²) in [5.74, 6) is 2.71. The monoisotopic (exact) mass is 307 g/mol. The quantitative estimate of drug-likeness (QED) is 0.782. The third-order valence-electron chi connectivity index (χ3n) is 4.03. The molecule has 0 saturated heterocycles. The molecule has 0 saturated carbocycles. The van der Waals surface area contributed by atoms with Crippen molar-refractivity contribution in [3.05, 3.63) is 22.8 Å². The number of thioether (sulfide) groups is 1. The summed E-state index contributed by atoms with van der Waals surface area (Å²) in [6, 6.07) is 0. The number of hydrogen-bond acceptors (Lipinski definition) is 4. The van der Waals surface area contributed by atoms with E-state index in [1.165, 1.54) is 29.8 Å². The first-order valence-electron chi connectivity index (χ1n) is 8.27. The highest BCUT2D eigenvalue weighted by Crippen LogP contribution is 2.27. The number of aromatic nitrogens is 2. The Hall–Kier alpha value is -0.610. The maximum absolute atomic E-state index is 4.82. The van der Waals surface area contributed by atoms with Gasteiger partial charge in [-0.15, -0.1) is 0 Å². The third kappa shape index (κ3) is 4.96. The van der Waals surface area contributed by atoms with Gasteiger partial charge in [0.15, 0.2) is 0 Å². The molecule has 1 N–H and O–H groups in total. The summed E-state index contributed by atoms with van der Waals surface area (Å²) in [6.45, 7) is 11.1. The summed E-state index contributed by atoms with van der Waals surface area (Å²) in [6.07, 6.45) is 4.74. The molecule has 3 nitrogen and oxygen atoms in total. The molecule has 1 aromatic heterocycles. The molecular weight excluding hydrogens is 278 g/mol. The van der Waals surface area contributed by atoms with Crippen LogP contribution < -0.4 is 5.32 Å². The summed E-state index contributed by atoms with van der Waals surface area (Å²) in [5.41, 5.74) is 3.94. The van der Waals surface area contributed by atoms with Crippen LogP contribution in [0.25, 0.3) is 0 Å². The number of fused-ring (bicyclic) bond motifs is 1. The molecule has 118 valence electrons. The minimum atomic E-state index is 0.638. The normalized spacial score (nSPS) is 18.0. The summed E-state index contributed by atoms with van der Waals surface area (Å²) in [4.78, 5) is 9.56. The largest absolute Gasteiger partial charge is 0.316 e. The van der Waals surface area contributed by atoms with E-state index in [0.717, 1.165) is 43.4 Å². The Bertz CT molecular complexity index is 460. The van der Waals surface area contributed by atoms with E-state index in [0.29, 0.717) is 5.25 Å². The second-order valence-corrected chi connectivity index (χ2v) is 7.89. The van der Waals surface area contributed by atoms with Gasteiger partial charge in [0.2, 0.25) is 0 Å². The van der Waals surface area contributed by atoms with Crippen LogP contribution in [0.3, 0.4) is 0 Å². The highest BCUT2D eigenvalue weighted by atomic mass is 32.2. The van der Waals surface area contributed by atoms with Gasteiger partial charge in [-0.1, -0.05) is 20.8 Å². The molecular formula is C17H29N3S. The van der Waals surface area contributed by atoms with Crippen LogP contribution in [0.5, 0.6) is 0 Å². The molecule has 1 aliphatic rings. The lowest BCUT2D eigenvalue weighted by Crippen LogP contribution is -2.29. The zero-order chi connectivity index (χ0) is 15.2. The van der Waals surface area contributed by atoms with Crippen molar-refractivity contribution >= 4 is 11.8 Å². The van der Waals surface area contributed by atoms with Gasteiger partial charge in [-0.3, -0.25) is 0 Å². The van der Waals surface area contributed by atoms with E-state index in [1.54, 1.807) is 0 Å². The lowest BCUT2D eigenvalue weighted by molar-refractivity contribution is 0.418. The highest BCUT2D eigenvalue weighted by Gasteiger charge is 2.22. The fraction of sp³-hybridized carbons (Fsp3) is 0.765. The van der Waals surface area contributed by atoms with Crippen LogP contribution in [0.2, 0.25) is 0 Å². The number of aryl methyl sites for hydroxylation is 2. The zero-order valence-electron chi connectivity index (χ0n) is 13.9. The van der Waals surface area contributed by atoms with Gasteiger partial charge >= 0.3 is 0 Å². The predicted octanol–water partition coefficient (Wildman–Crippen LogP) is 3.53. The van der Waals surface area contributed by atoms with Crippen LogP contribution in [0, 0.1) is 12.8 Å². The molecule has 0 fully saturated rings. The van der Waals surface area contributed by atoms with Crippen molar-refractivity contribution in [3.8, 4) is 0 Å². The Morgan fingerprint density at radius 2 is 2.14 bits per heavy atom. The number of nitrogens with zero attached hydrogens (tertiary/aromatic N) is 2. The Kier molecular flexibility index (Phi) is 6.49. The molecule has 1 aliphatic carbocycles. The van der Waals surface area contributed by atoms with E-state index in [1.807, 2.05) is 11.8 Å². The first kappa shape index (κ1) is 16.8. The van der Waals surface area contributed by atoms with Gasteiger partial charge in [-0.05, 0) is 62.4 Å². The fourth-order valence-corrected chi connectivity index (χ4v) is 3.50. The minimum Gasteiger partial charge on any atom is -0.316 e. The van der Waals surface area contributed by atoms with Gasteiger partial charge in [0.05, 0.1) is 5.75 Å². The highest BCUT2D eigenvalue weighted by molar-refractivity contribution is 7.99. The van der Waals surface area contributed by atoms with Crippen LogP contribution >= 0.6 is 11.8 Å². The number of rotatable bonds is 7. The summed E-state index contributed by atoms with van der Waals surface area (Å²) in [7, 11) is 0. The minimum absolute atomic E-state index is 0.638. The van der Waals surface area contributed by atoms with Gasteiger partial charge in [0.25, 0.3) is 0 Å². The molecule has 1 heterocycles. The molecule has 1 atom stereocenters. The first-order valence-corrected chi connectivity index (χ1v) is 9.32.